The summed E-state index contributed by atoms with van der Waals surface area (Å²) in [6.45, 7) is 3.98. The van der Waals surface area contributed by atoms with Crippen LogP contribution in [-0.4, -0.2) is 18.1 Å². The first kappa shape index (κ1) is 12.4. The largest absolute Gasteiger partial charge is 0.384 e. The summed E-state index contributed by atoms with van der Waals surface area (Å²) in [5.41, 5.74) is 8.28. The molecule has 1 aromatic rings. The third-order valence-corrected chi connectivity index (χ3v) is 3.94. The highest BCUT2D eigenvalue weighted by atomic mass is 14.9. The molecule has 0 saturated heterocycles. The molecule has 1 saturated carbocycles. The number of nitrogens with one attached hydrogen (secondary N) is 1. The number of nitrogens with zero attached hydrogens (tertiary/aromatic N) is 1. The van der Waals surface area contributed by atoms with Crippen molar-refractivity contribution in [1.29, 1.82) is 0 Å². The van der Waals surface area contributed by atoms with E-state index in [1.165, 1.54) is 36.9 Å². The zero-order chi connectivity index (χ0) is 12.1. The molecule has 3 heteroatoms. The number of aromatic nitrogens is 1. The molecule has 1 aromatic heterocycles. The first-order chi connectivity index (χ1) is 8.31. The van der Waals surface area contributed by atoms with Crippen LogP contribution in [0.4, 0.5) is 5.69 Å². The van der Waals surface area contributed by atoms with Gasteiger partial charge in [-0.1, -0.05) is 12.8 Å². The number of aryl methyl sites for hydroxylation is 1. The molecule has 3 N–H and O–H groups in total. The molecule has 0 spiro atoms. The van der Waals surface area contributed by atoms with Gasteiger partial charge in [-0.3, -0.25) is 4.98 Å². The van der Waals surface area contributed by atoms with Crippen molar-refractivity contribution in [2.24, 2.45) is 17.6 Å². The SMILES string of the molecule is Cc1cnccc1NCC1CCCCC1CN. The van der Waals surface area contributed by atoms with E-state index in [9.17, 15) is 0 Å². The fourth-order valence-electron chi connectivity index (χ4n) is 2.78. The Morgan fingerprint density at radius 3 is 2.82 bits per heavy atom. The summed E-state index contributed by atoms with van der Waals surface area (Å²) in [5, 5.41) is 3.55. The summed E-state index contributed by atoms with van der Waals surface area (Å²) in [4.78, 5) is 4.11. The van der Waals surface area contributed by atoms with Gasteiger partial charge in [-0.05, 0) is 49.8 Å². The first-order valence-corrected chi connectivity index (χ1v) is 6.66. The monoisotopic (exact) mass is 233 g/mol. The van der Waals surface area contributed by atoms with Crippen LogP contribution >= 0.6 is 0 Å². The molecule has 1 aliphatic rings. The highest BCUT2D eigenvalue weighted by Gasteiger charge is 2.23. The summed E-state index contributed by atoms with van der Waals surface area (Å²) >= 11 is 0. The Hall–Kier alpha value is -1.09. The minimum atomic E-state index is 0.707. The Kier molecular flexibility index (Phi) is 4.37. The Balaban J connectivity index is 1.90. The van der Waals surface area contributed by atoms with Crippen LogP contribution in [0.3, 0.4) is 0 Å². The fraction of sp³-hybridized carbons (Fsp3) is 0.643. The van der Waals surface area contributed by atoms with Gasteiger partial charge in [0.2, 0.25) is 0 Å². The molecule has 2 unspecified atom stereocenters. The molecular formula is C14H23N3. The molecule has 0 aliphatic heterocycles. The lowest BCUT2D eigenvalue weighted by atomic mass is 9.79. The van der Waals surface area contributed by atoms with Crippen molar-refractivity contribution in [3.8, 4) is 0 Å². The van der Waals surface area contributed by atoms with Gasteiger partial charge < -0.3 is 11.1 Å². The van der Waals surface area contributed by atoms with Gasteiger partial charge in [0, 0.05) is 24.6 Å². The third kappa shape index (κ3) is 3.19. The molecule has 94 valence electrons. The van der Waals surface area contributed by atoms with Gasteiger partial charge >= 0.3 is 0 Å². The van der Waals surface area contributed by atoms with Crippen LogP contribution in [-0.2, 0) is 0 Å². The van der Waals surface area contributed by atoms with Crippen LogP contribution in [0.15, 0.2) is 18.5 Å². The third-order valence-electron chi connectivity index (χ3n) is 3.94. The highest BCUT2D eigenvalue weighted by Crippen LogP contribution is 2.29. The molecule has 2 atom stereocenters. The number of pyridine rings is 1. The van der Waals surface area contributed by atoms with E-state index in [2.05, 4.69) is 23.3 Å². The first-order valence-electron chi connectivity index (χ1n) is 6.66. The topological polar surface area (TPSA) is 50.9 Å². The van der Waals surface area contributed by atoms with Crippen LogP contribution in [0.2, 0.25) is 0 Å². The molecule has 0 bridgehead atoms. The summed E-state index contributed by atoms with van der Waals surface area (Å²) < 4.78 is 0. The number of hydrogen-bond acceptors (Lipinski definition) is 3. The Bertz CT molecular complexity index is 351. The van der Waals surface area contributed by atoms with Crippen molar-refractivity contribution in [2.45, 2.75) is 32.6 Å². The molecule has 0 aromatic carbocycles. The number of rotatable bonds is 4. The van der Waals surface area contributed by atoms with E-state index in [4.69, 9.17) is 5.73 Å². The number of hydrogen-bond donors (Lipinski definition) is 2. The fourth-order valence-corrected chi connectivity index (χ4v) is 2.78. The van der Waals surface area contributed by atoms with Gasteiger partial charge in [0.15, 0.2) is 0 Å². The van der Waals surface area contributed by atoms with Gasteiger partial charge in [0.1, 0.15) is 0 Å². The zero-order valence-corrected chi connectivity index (χ0v) is 10.7. The van der Waals surface area contributed by atoms with Crippen molar-refractivity contribution in [3.63, 3.8) is 0 Å². The second-order valence-corrected chi connectivity index (χ2v) is 5.11. The van der Waals surface area contributed by atoms with Crippen LogP contribution < -0.4 is 11.1 Å². The average Bonchev–Trinajstić information content (AvgIpc) is 2.38. The Morgan fingerprint density at radius 2 is 2.12 bits per heavy atom. The van der Waals surface area contributed by atoms with Crippen molar-refractivity contribution in [3.05, 3.63) is 24.0 Å². The normalized spacial score (nSPS) is 24.6. The van der Waals surface area contributed by atoms with E-state index in [1.54, 1.807) is 0 Å². The van der Waals surface area contributed by atoms with Crippen molar-refractivity contribution in [1.82, 2.24) is 4.98 Å². The summed E-state index contributed by atoms with van der Waals surface area (Å²) in [6.07, 6.45) is 9.09. The Labute approximate surface area is 104 Å². The van der Waals surface area contributed by atoms with E-state index in [-0.39, 0.29) is 0 Å². The zero-order valence-electron chi connectivity index (χ0n) is 10.7. The second-order valence-electron chi connectivity index (χ2n) is 5.11. The molecule has 3 nitrogen and oxygen atoms in total. The summed E-state index contributed by atoms with van der Waals surface area (Å²) in [6, 6.07) is 2.05. The van der Waals surface area contributed by atoms with Crippen molar-refractivity contribution >= 4 is 5.69 Å². The highest BCUT2D eigenvalue weighted by molar-refractivity contribution is 5.48. The maximum Gasteiger partial charge on any atom is 0.0400 e. The maximum absolute atomic E-state index is 5.85. The Morgan fingerprint density at radius 1 is 1.35 bits per heavy atom. The predicted octanol–water partition coefficient (Wildman–Crippen LogP) is 2.57. The average molecular weight is 233 g/mol. The maximum atomic E-state index is 5.85. The minimum absolute atomic E-state index is 0.707. The number of nitrogens with two attached hydrogens (primary N) is 1. The van der Waals surface area contributed by atoms with Crippen molar-refractivity contribution in [2.75, 3.05) is 18.4 Å². The van der Waals surface area contributed by atoms with Crippen LogP contribution in [0, 0.1) is 18.8 Å². The molecule has 1 heterocycles. The summed E-state index contributed by atoms with van der Waals surface area (Å²) in [7, 11) is 0. The second kappa shape index (κ2) is 6.01. The van der Waals surface area contributed by atoms with Gasteiger partial charge in [-0.25, -0.2) is 0 Å². The van der Waals surface area contributed by atoms with Gasteiger partial charge in [0.25, 0.3) is 0 Å². The molecule has 17 heavy (non-hydrogen) atoms. The van der Waals surface area contributed by atoms with E-state index in [1.807, 2.05) is 12.4 Å². The van der Waals surface area contributed by atoms with Gasteiger partial charge in [-0.15, -0.1) is 0 Å². The summed E-state index contributed by atoms with van der Waals surface area (Å²) in [5.74, 6) is 1.44. The van der Waals surface area contributed by atoms with Crippen LogP contribution in [0.5, 0.6) is 0 Å². The van der Waals surface area contributed by atoms with Crippen LogP contribution in [0.25, 0.3) is 0 Å². The minimum Gasteiger partial charge on any atom is -0.384 e. The van der Waals surface area contributed by atoms with Gasteiger partial charge in [0.05, 0.1) is 0 Å². The lowest BCUT2D eigenvalue weighted by Crippen LogP contribution is -2.31. The number of anilines is 1. The molecule has 2 rings (SSSR count). The molecule has 0 amide bonds. The van der Waals surface area contributed by atoms with E-state index in [0.29, 0.717) is 5.92 Å². The standard InChI is InChI=1S/C14H23N3/c1-11-9-16-7-6-14(11)17-10-13-5-3-2-4-12(13)8-15/h6-7,9,12-13H,2-5,8,10,15H2,1H3,(H,16,17). The van der Waals surface area contributed by atoms with Crippen LogP contribution in [0.1, 0.15) is 31.2 Å². The van der Waals surface area contributed by atoms with E-state index < -0.39 is 0 Å². The molecule has 1 fully saturated rings. The molecule has 1 aliphatic carbocycles. The quantitative estimate of drug-likeness (QED) is 0.840. The smallest absolute Gasteiger partial charge is 0.0400 e. The lowest BCUT2D eigenvalue weighted by Gasteiger charge is -2.31. The lowest BCUT2D eigenvalue weighted by molar-refractivity contribution is 0.255. The molecular weight excluding hydrogens is 210 g/mol. The molecule has 0 radical (unpaired) electrons. The van der Waals surface area contributed by atoms with Gasteiger partial charge in [-0.2, -0.15) is 0 Å². The van der Waals surface area contributed by atoms with E-state index >= 15 is 0 Å². The predicted molar refractivity (Wildman–Crippen MR) is 72.0 cm³/mol. The van der Waals surface area contributed by atoms with Crippen molar-refractivity contribution < 1.29 is 0 Å². The van der Waals surface area contributed by atoms with E-state index in [0.717, 1.165) is 19.0 Å².